The highest BCUT2D eigenvalue weighted by atomic mass is 32.1. The average Bonchev–Trinajstić information content (AvgIpc) is 2.87. The molecule has 0 aromatic carbocycles. The summed E-state index contributed by atoms with van der Waals surface area (Å²) in [6.45, 7) is 3.60. The zero-order chi connectivity index (χ0) is 14.8. The number of carbonyl (C=O) groups excluding carboxylic acids is 1. The molecule has 20 heavy (non-hydrogen) atoms. The Balaban J connectivity index is 2.28. The molecule has 0 aliphatic heterocycles. The summed E-state index contributed by atoms with van der Waals surface area (Å²) in [6, 6.07) is 3.70. The Morgan fingerprint density at radius 2 is 2.20 bits per heavy atom. The Bertz CT molecular complexity index is 467. The number of aliphatic carboxylic acids is 1. The molecular formula is C14H19NO4S. The molecule has 0 saturated heterocycles. The summed E-state index contributed by atoms with van der Waals surface area (Å²) >= 11 is 1.45. The van der Waals surface area contributed by atoms with Crippen LogP contribution >= 0.6 is 11.3 Å². The lowest BCUT2D eigenvalue weighted by molar-refractivity contribution is -0.131. The van der Waals surface area contributed by atoms with Crippen LogP contribution in [0.2, 0.25) is 0 Å². The molecule has 0 bridgehead atoms. The molecule has 0 fully saturated rings. The van der Waals surface area contributed by atoms with E-state index in [1.54, 1.807) is 0 Å². The van der Waals surface area contributed by atoms with Crippen molar-refractivity contribution in [2.75, 3.05) is 13.2 Å². The highest BCUT2D eigenvalue weighted by Gasteiger charge is 2.03. The predicted molar refractivity (Wildman–Crippen MR) is 78.6 cm³/mol. The number of amides is 1. The van der Waals surface area contributed by atoms with Gasteiger partial charge in [-0.05, 0) is 24.6 Å². The number of carboxylic acids is 1. The van der Waals surface area contributed by atoms with E-state index >= 15 is 0 Å². The van der Waals surface area contributed by atoms with Crippen LogP contribution in [0.1, 0.15) is 29.5 Å². The summed E-state index contributed by atoms with van der Waals surface area (Å²) in [6.07, 6.45) is 3.94. The molecule has 0 aliphatic carbocycles. The van der Waals surface area contributed by atoms with Crippen LogP contribution in [0.4, 0.5) is 0 Å². The lowest BCUT2D eigenvalue weighted by Crippen LogP contribution is -2.23. The second kappa shape index (κ2) is 9.28. The third kappa shape index (κ3) is 7.06. The lowest BCUT2D eigenvalue weighted by atomic mass is 10.3. The zero-order valence-electron chi connectivity index (χ0n) is 11.4. The van der Waals surface area contributed by atoms with Gasteiger partial charge < -0.3 is 15.2 Å². The number of ether oxygens (including phenoxy) is 1. The van der Waals surface area contributed by atoms with E-state index in [2.05, 4.69) is 5.32 Å². The molecule has 1 aromatic heterocycles. The average molecular weight is 297 g/mol. The van der Waals surface area contributed by atoms with Gasteiger partial charge in [0.2, 0.25) is 5.91 Å². The fourth-order valence-electron chi connectivity index (χ4n) is 1.42. The molecule has 110 valence electrons. The Hall–Kier alpha value is -1.66. The first-order valence-corrected chi connectivity index (χ1v) is 7.27. The third-order valence-corrected chi connectivity index (χ3v) is 3.40. The van der Waals surface area contributed by atoms with E-state index in [1.165, 1.54) is 17.4 Å². The molecule has 0 unspecified atom stereocenters. The summed E-state index contributed by atoms with van der Waals surface area (Å²) in [5.74, 6) is -1.02. The van der Waals surface area contributed by atoms with Crippen molar-refractivity contribution in [3.8, 4) is 0 Å². The van der Waals surface area contributed by atoms with Crippen molar-refractivity contribution in [1.82, 2.24) is 5.32 Å². The van der Waals surface area contributed by atoms with E-state index in [0.717, 1.165) is 22.3 Å². The number of carboxylic acid groups (broad SMARTS) is 1. The summed E-state index contributed by atoms with van der Waals surface area (Å²) < 4.78 is 5.24. The Labute approximate surface area is 122 Å². The predicted octanol–water partition coefficient (Wildman–Crippen LogP) is 2.28. The van der Waals surface area contributed by atoms with Crippen LogP contribution < -0.4 is 5.32 Å². The maximum atomic E-state index is 11.5. The van der Waals surface area contributed by atoms with Gasteiger partial charge in [-0.15, -0.1) is 11.3 Å². The molecule has 1 aromatic rings. The minimum absolute atomic E-state index is 0.0443. The van der Waals surface area contributed by atoms with Crippen molar-refractivity contribution in [2.24, 2.45) is 0 Å². The topological polar surface area (TPSA) is 75.6 Å². The van der Waals surface area contributed by atoms with Gasteiger partial charge in [-0.1, -0.05) is 6.92 Å². The van der Waals surface area contributed by atoms with Crippen LogP contribution in [0.15, 0.2) is 18.2 Å². The minimum atomic E-state index is -0.972. The number of carbonyl (C=O) groups is 2. The quantitative estimate of drug-likeness (QED) is 0.541. The van der Waals surface area contributed by atoms with Crippen LogP contribution in [0.5, 0.6) is 0 Å². The fraction of sp³-hybridized carbons (Fsp3) is 0.429. The van der Waals surface area contributed by atoms with Crippen molar-refractivity contribution in [3.05, 3.63) is 28.0 Å². The van der Waals surface area contributed by atoms with Gasteiger partial charge in [-0.2, -0.15) is 0 Å². The van der Waals surface area contributed by atoms with Crippen molar-refractivity contribution in [2.45, 2.75) is 26.3 Å². The molecule has 0 radical (unpaired) electrons. The molecule has 1 amide bonds. The number of thiophene rings is 1. The van der Waals surface area contributed by atoms with Gasteiger partial charge in [-0.25, -0.2) is 4.79 Å². The summed E-state index contributed by atoms with van der Waals surface area (Å²) in [4.78, 5) is 23.7. The largest absolute Gasteiger partial charge is 0.478 e. The highest BCUT2D eigenvalue weighted by Crippen LogP contribution is 2.17. The Morgan fingerprint density at radius 3 is 2.90 bits per heavy atom. The lowest BCUT2D eigenvalue weighted by Gasteiger charge is -2.04. The van der Waals surface area contributed by atoms with E-state index < -0.39 is 5.97 Å². The maximum Gasteiger partial charge on any atom is 0.328 e. The molecule has 1 heterocycles. The zero-order valence-corrected chi connectivity index (χ0v) is 12.2. The molecule has 0 spiro atoms. The van der Waals surface area contributed by atoms with Crippen molar-refractivity contribution in [1.29, 1.82) is 0 Å². The van der Waals surface area contributed by atoms with Gasteiger partial charge in [0.25, 0.3) is 0 Å². The molecule has 5 nitrogen and oxygen atoms in total. The second-order valence-electron chi connectivity index (χ2n) is 4.11. The fourth-order valence-corrected chi connectivity index (χ4v) is 2.27. The van der Waals surface area contributed by atoms with Gasteiger partial charge in [0.1, 0.15) is 0 Å². The molecule has 2 N–H and O–H groups in total. The van der Waals surface area contributed by atoms with Crippen LogP contribution in [0, 0.1) is 0 Å². The van der Waals surface area contributed by atoms with Crippen molar-refractivity contribution >= 4 is 29.3 Å². The smallest absolute Gasteiger partial charge is 0.328 e. The van der Waals surface area contributed by atoms with Crippen LogP contribution in [0.3, 0.4) is 0 Å². The van der Waals surface area contributed by atoms with Crippen LogP contribution in [-0.2, 0) is 20.9 Å². The van der Waals surface area contributed by atoms with Gasteiger partial charge in [-0.3, -0.25) is 4.79 Å². The second-order valence-corrected chi connectivity index (χ2v) is 5.31. The number of nitrogens with one attached hydrogen (secondary N) is 1. The maximum absolute atomic E-state index is 11.5. The summed E-state index contributed by atoms with van der Waals surface area (Å²) in [5.41, 5.74) is 0. The van der Waals surface area contributed by atoms with Crippen molar-refractivity contribution in [3.63, 3.8) is 0 Å². The molecular weight excluding hydrogens is 278 g/mol. The molecule has 1 rings (SSSR count). The van der Waals surface area contributed by atoms with Crippen LogP contribution in [-0.4, -0.2) is 30.2 Å². The molecule has 6 heteroatoms. The SMILES string of the molecule is CCCOCCC(=O)NCc1ccc(C=CC(=O)O)s1. The first kappa shape index (κ1) is 16.4. The first-order chi connectivity index (χ1) is 9.61. The molecule has 0 saturated carbocycles. The monoisotopic (exact) mass is 297 g/mol. The summed E-state index contributed by atoms with van der Waals surface area (Å²) in [7, 11) is 0. The van der Waals surface area contributed by atoms with E-state index in [1.807, 2.05) is 19.1 Å². The van der Waals surface area contributed by atoms with Gasteiger partial charge in [0.15, 0.2) is 0 Å². The third-order valence-electron chi connectivity index (χ3n) is 2.35. The Kier molecular flexibility index (Phi) is 7.60. The van der Waals surface area contributed by atoms with Gasteiger partial charge in [0, 0.05) is 28.9 Å². The first-order valence-electron chi connectivity index (χ1n) is 6.46. The number of hydrogen-bond acceptors (Lipinski definition) is 4. The van der Waals surface area contributed by atoms with E-state index in [0.29, 0.717) is 26.2 Å². The van der Waals surface area contributed by atoms with Crippen LogP contribution in [0.25, 0.3) is 6.08 Å². The number of rotatable bonds is 9. The molecule has 0 atom stereocenters. The normalized spacial score (nSPS) is 10.8. The van der Waals surface area contributed by atoms with E-state index in [4.69, 9.17) is 9.84 Å². The van der Waals surface area contributed by atoms with E-state index in [9.17, 15) is 9.59 Å². The van der Waals surface area contributed by atoms with Gasteiger partial charge in [0.05, 0.1) is 13.2 Å². The highest BCUT2D eigenvalue weighted by molar-refractivity contribution is 7.12. The van der Waals surface area contributed by atoms with Gasteiger partial charge >= 0.3 is 5.97 Å². The number of hydrogen-bond donors (Lipinski definition) is 2. The van der Waals surface area contributed by atoms with Crippen molar-refractivity contribution < 1.29 is 19.4 Å². The Morgan fingerprint density at radius 1 is 1.40 bits per heavy atom. The van der Waals surface area contributed by atoms with E-state index in [-0.39, 0.29) is 5.91 Å². The minimum Gasteiger partial charge on any atom is -0.478 e. The standard InChI is InChI=1S/C14H19NO4S/c1-2-8-19-9-7-13(16)15-10-12-4-3-11(20-12)5-6-14(17)18/h3-6H,2,7-10H2,1H3,(H,15,16)(H,17,18). The summed E-state index contributed by atoms with van der Waals surface area (Å²) in [5, 5.41) is 11.3. The molecule has 0 aliphatic rings.